The molecule has 5 rings (SSSR count). The van der Waals surface area contributed by atoms with Crippen LogP contribution >= 0.6 is 0 Å². The van der Waals surface area contributed by atoms with Gasteiger partial charge in [0.25, 0.3) is 5.91 Å². The van der Waals surface area contributed by atoms with Gasteiger partial charge in [-0.15, -0.1) is 0 Å². The number of H-pyrrole nitrogens is 1. The number of carbonyl (C=O) groups is 2. The van der Waals surface area contributed by atoms with Gasteiger partial charge in [0.2, 0.25) is 5.91 Å². The van der Waals surface area contributed by atoms with Gasteiger partial charge in [-0.3, -0.25) is 14.7 Å². The summed E-state index contributed by atoms with van der Waals surface area (Å²) in [6.07, 6.45) is 2.76. The summed E-state index contributed by atoms with van der Waals surface area (Å²) in [4.78, 5) is 29.4. The molecular formula is C23H21FN6O2. The largest absolute Gasteiger partial charge is 0.321 e. The quantitative estimate of drug-likeness (QED) is 0.621. The maximum atomic E-state index is 13.1. The highest BCUT2D eigenvalue weighted by Gasteiger charge is 2.27. The zero-order valence-electron chi connectivity index (χ0n) is 17.2. The highest BCUT2D eigenvalue weighted by Crippen LogP contribution is 2.38. The smallest absolute Gasteiger partial charge is 0.271 e. The molecule has 2 aliphatic rings. The molecule has 8 nitrogen and oxygen atoms in total. The number of anilines is 1. The van der Waals surface area contributed by atoms with E-state index in [2.05, 4.69) is 25.6 Å². The minimum absolute atomic E-state index is 0.174. The van der Waals surface area contributed by atoms with E-state index in [0.717, 1.165) is 29.8 Å². The number of amides is 2. The first-order valence-electron chi connectivity index (χ1n) is 10.5. The molecule has 2 heterocycles. The molecule has 0 saturated heterocycles. The number of hydrogen-bond donors (Lipinski definition) is 2. The first-order chi connectivity index (χ1) is 15.5. The predicted octanol–water partition coefficient (Wildman–Crippen LogP) is 3.61. The first kappa shape index (κ1) is 20.0. The van der Waals surface area contributed by atoms with Crippen LogP contribution in [0, 0.1) is 5.82 Å². The molecule has 2 N–H and O–H groups in total. The van der Waals surface area contributed by atoms with Crippen LogP contribution in [0.4, 0.5) is 10.1 Å². The number of aromatic nitrogens is 3. The van der Waals surface area contributed by atoms with E-state index in [1.54, 1.807) is 24.3 Å². The highest BCUT2D eigenvalue weighted by atomic mass is 19.1. The molecule has 9 heteroatoms. The minimum Gasteiger partial charge on any atom is -0.321 e. The summed E-state index contributed by atoms with van der Waals surface area (Å²) < 4.78 is 13.1. The summed E-state index contributed by atoms with van der Waals surface area (Å²) in [7, 11) is 0. The number of nitrogens with zero attached hydrogens (tertiary/aromatic N) is 4. The molecule has 1 aromatic heterocycles. The molecule has 2 amide bonds. The Bertz CT molecular complexity index is 1180. The van der Waals surface area contributed by atoms with Crippen molar-refractivity contribution in [3.05, 3.63) is 65.7 Å². The van der Waals surface area contributed by atoms with Crippen molar-refractivity contribution in [1.82, 2.24) is 20.2 Å². The van der Waals surface area contributed by atoms with Crippen molar-refractivity contribution in [1.29, 1.82) is 0 Å². The van der Waals surface area contributed by atoms with Crippen molar-refractivity contribution >= 4 is 23.2 Å². The summed E-state index contributed by atoms with van der Waals surface area (Å²) in [6, 6.07) is 13.1. The maximum Gasteiger partial charge on any atom is 0.271 e. The van der Waals surface area contributed by atoms with Gasteiger partial charge < -0.3 is 5.32 Å². The maximum absolute atomic E-state index is 13.1. The number of hydrazone groups is 1. The van der Waals surface area contributed by atoms with Crippen molar-refractivity contribution in [2.24, 2.45) is 5.10 Å². The molecule has 1 fully saturated rings. The van der Waals surface area contributed by atoms with E-state index in [1.165, 1.54) is 17.1 Å². The third-order valence-electron chi connectivity index (χ3n) is 5.48. The Hall–Kier alpha value is -3.88. The number of nitrogens with one attached hydrogen (secondary N) is 2. The average molecular weight is 432 g/mol. The Morgan fingerprint density at radius 3 is 2.56 bits per heavy atom. The van der Waals surface area contributed by atoms with Gasteiger partial charge in [0, 0.05) is 30.0 Å². The van der Waals surface area contributed by atoms with Crippen LogP contribution in [0.1, 0.15) is 43.0 Å². The lowest BCUT2D eigenvalue weighted by Crippen LogP contribution is -2.36. The van der Waals surface area contributed by atoms with Gasteiger partial charge in [0.05, 0.1) is 6.54 Å². The Labute approximate surface area is 183 Å². The van der Waals surface area contributed by atoms with Crippen molar-refractivity contribution in [2.45, 2.75) is 38.1 Å². The fraction of sp³-hybridized carbons (Fsp3) is 0.261. The summed E-state index contributed by atoms with van der Waals surface area (Å²) in [6.45, 7) is 0.185. The zero-order chi connectivity index (χ0) is 22.1. The fourth-order valence-electron chi connectivity index (χ4n) is 3.50. The minimum atomic E-state index is -0.358. The van der Waals surface area contributed by atoms with Crippen LogP contribution in [0.2, 0.25) is 0 Å². The van der Waals surface area contributed by atoms with Crippen molar-refractivity contribution in [3.8, 4) is 11.4 Å². The second-order valence-electron chi connectivity index (χ2n) is 7.97. The number of rotatable bonds is 6. The molecule has 2 aromatic carbocycles. The molecule has 0 spiro atoms. The molecule has 0 unspecified atom stereocenters. The first-order valence-corrected chi connectivity index (χ1v) is 10.5. The van der Waals surface area contributed by atoms with E-state index in [0.29, 0.717) is 17.4 Å². The van der Waals surface area contributed by atoms with Gasteiger partial charge in [0.1, 0.15) is 17.4 Å². The van der Waals surface area contributed by atoms with E-state index in [4.69, 9.17) is 0 Å². The molecule has 0 bridgehead atoms. The van der Waals surface area contributed by atoms with E-state index < -0.39 is 0 Å². The van der Waals surface area contributed by atoms with Crippen LogP contribution in [0.5, 0.6) is 0 Å². The van der Waals surface area contributed by atoms with Crippen LogP contribution in [0.3, 0.4) is 0 Å². The molecule has 162 valence electrons. The average Bonchev–Trinajstić information content (AvgIpc) is 3.54. The normalized spacial score (nSPS) is 16.1. The lowest BCUT2D eigenvalue weighted by Gasteiger charge is -2.23. The molecule has 32 heavy (non-hydrogen) atoms. The number of aromatic amines is 1. The lowest BCUT2D eigenvalue weighted by molar-refractivity contribution is -0.132. The predicted molar refractivity (Wildman–Crippen MR) is 116 cm³/mol. The van der Waals surface area contributed by atoms with Crippen LogP contribution < -0.4 is 5.32 Å². The Morgan fingerprint density at radius 1 is 1.09 bits per heavy atom. The number of carbonyl (C=O) groups excluding carboxylic acids is 2. The molecule has 1 saturated carbocycles. The van der Waals surface area contributed by atoms with Gasteiger partial charge in [0.15, 0.2) is 5.82 Å². The molecule has 1 aliphatic carbocycles. The molecule has 1 aliphatic heterocycles. The van der Waals surface area contributed by atoms with E-state index in [-0.39, 0.29) is 42.7 Å². The number of hydrogen-bond acceptors (Lipinski definition) is 5. The molecule has 0 radical (unpaired) electrons. The molecule has 0 atom stereocenters. The lowest BCUT2D eigenvalue weighted by atomic mass is 10.1. The third-order valence-corrected chi connectivity index (χ3v) is 5.48. The molecule has 3 aromatic rings. The van der Waals surface area contributed by atoms with Crippen LogP contribution in [0.25, 0.3) is 11.4 Å². The SMILES string of the molecule is O=C(Nc1ccc(-c2n[nH]c(C3CC3)n2)cc1)C1=NN(Cc2ccc(F)cc2)C(=O)CC1. The van der Waals surface area contributed by atoms with Gasteiger partial charge >= 0.3 is 0 Å². The van der Waals surface area contributed by atoms with E-state index in [1.807, 2.05) is 12.1 Å². The van der Waals surface area contributed by atoms with Crippen molar-refractivity contribution in [2.75, 3.05) is 5.32 Å². The molecular weight excluding hydrogens is 411 g/mol. The second-order valence-corrected chi connectivity index (χ2v) is 7.97. The standard InChI is InChI=1S/C23H21FN6O2/c24-17-7-1-14(2-8-17)13-30-20(31)12-11-19(29-30)23(32)25-18-9-5-16(6-10-18)22-26-21(27-28-22)15-3-4-15/h1-2,5-10,15H,3-4,11-13H2,(H,25,32)(H,26,27,28). The Kier molecular flexibility index (Phi) is 5.22. The highest BCUT2D eigenvalue weighted by molar-refractivity contribution is 6.43. The zero-order valence-corrected chi connectivity index (χ0v) is 17.2. The third kappa shape index (κ3) is 4.41. The summed E-state index contributed by atoms with van der Waals surface area (Å²) in [5.74, 6) is 1.18. The van der Waals surface area contributed by atoms with Gasteiger partial charge in [-0.1, -0.05) is 12.1 Å². The van der Waals surface area contributed by atoms with Gasteiger partial charge in [-0.2, -0.15) is 10.2 Å². The van der Waals surface area contributed by atoms with Crippen LogP contribution in [-0.2, 0) is 16.1 Å². The van der Waals surface area contributed by atoms with E-state index in [9.17, 15) is 14.0 Å². The topological polar surface area (TPSA) is 103 Å². The summed E-state index contributed by atoms with van der Waals surface area (Å²) in [5.41, 5.74) is 2.48. The summed E-state index contributed by atoms with van der Waals surface area (Å²) in [5, 5.41) is 15.6. The monoisotopic (exact) mass is 432 g/mol. The van der Waals surface area contributed by atoms with Gasteiger partial charge in [-0.05, 0) is 54.8 Å². The van der Waals surface area contributed by atoms with Crippen LogP contribution in [-0.4, -0.2) is 37.7 Å². The number of halogens is 1. The Balaban J connectivity index is 1.25. The number of benzene rings is 2. The van der Waals surface area contributed by atoms with Crippen LogP contribution in [0.15, 0.2) is 53.6 Å². The van der Waals surface area contributed by atoms with E-state index >= 15 is 0 Å². The van der Waals surface area contributed by atoms with Crippen molar-refractivity contribution < 1.29 is 14.0 Å². The second kappa shape index (κ2) is 8.33. The van der Waals surface area contributed by atoms with Crippen molar-refractivity contribution in [3.63, 3.8) is 0 Å². The van der Waals surface area contributed by atoms with Gasteiger partial charge in [-0.25, -0.2) is 14.4 Å². The Morgan fingerprint density at radius 2 is 1.84 bits per heavy atom. The summed E-state index contributed by atoms with van der Waals surface area (Å²) >= 11 is 0. The fourth-order valence-corrected chi connectivity index (χ4v) is 3.50.